The van der Waals surface area contributed by atoms with Gasteiger partial charge in [-0.2, -0.15) is 0 Å². The van der Waals surface area contributed by atoms with Gasteiger partial charge in [-0.15, -0.1) is 10.2 Å². The van der Waals surface area contributed by atoms with Gasteiger partial charge in [-0.05, 0) is 39.4 Å². The lowest BCUT2D eigenvalue weighted by molar-refractivity contribution is 0.263. The smallest absolute Gasteiger partial charge is 0.233 e. The average molecular weight is 210 g/mol. The van der Waals surface area contributed by atoms with Crippen molar-refractivity contribution in [3.8, 4) is 0 Å². The van der Waals surface area contributed by atoms with Crippen LogP contribution in [0.25, 0.3) is 0 Å². The number of nitrogens with zero attached hydrogens (tertiary/aromatic N) is 3. The molecule has 1 aliphatic heterocycles. The predicted octanol–water partition coefficient (Wildman–Crippen LogP) is 0.728. The fraction of sp³-hybridized carbons (Fsp3) is 0.800. The van der Waals surface area contributed by atoms with Crippen LogP contribution >= 0.6 is 0 Å². The standard InChI is InChI=1S/C10H18N4O/c1-14-7-3-4-8(14)10-13-12-9(15-10)5-2-6-11/h8H,2-7,11H2,1H3. The Morgan fingerprint density at radius 2 is 2.40 bits per heavy atom. The maximum absolute atomic E-state index is 5.62. The number of likely N-dealkylation sites (tertiary alicyclic amines) is 1. The van der Waals surface area contributed by atoms with Gasteiger partial charge in [-0.3, -0.25) is 4.90 Å². The molecule has 0 spiro atoms. The summed E-state index contributed by atoms with van der Waals surface area (Å²) >= 11 is 0. The largest absolute Gasteiger partial charge is 0.424 e. The molecule has 2 rings (SSSR count). The molecule has 15 heavy (non-hydrogen) atoms. The number of hydrogen-bond acceptors (Lipinski definition) is 5. The van der Waals surface area contributed by atoms with E-state index in [2.05, 4.69) is 22.1 Å². The van der Waals surface area contributed by atoms with E-state index in [1.165, 1.54) is 6.42 Å². The van der Waals surface area contributed by atoms with Crippen LogP contribution in [0.4, 0.5) is 0 Å². The average Bonchev–Trinajstić information content (AvgIpc) is 2.83. The number of nitrogens with two attached hydrogens (primary N) is 1. The Labute approximate surface area is 89.6 Å². The first-order valence-electron chi connectivity index (χ1n) is 5.54. The first-order chi connectivity index (χ1) is 7.31. The third kappa shape index (κ3) is 2.35. The van der Waals surface area contributed by atoms with Crippen molar-refractivity contribution in [2.75, 3.05) is 20.1 Å². The van der Waals surface area contributed by atoms with E-state index in [0.717, 1.165) is 37.6 Å². The SMILES string of the molecule is CN1CCCC1c1nnc(CCCN)o1. The first kappa shape index (κ1) is 10.6. The number of aryl methyl sites for hydroxylation is 1. The van der Waals surface area contributed by atoms with Crippen LogP contribution in [0.3, 0.4) is 0 Å². The van der Waals surface area contributed by atoms with E-state index in [-0.39, 0.29) is 0 Å². The molecule has 0 aliphatic carbocycles. The van der Waals surface area contributed by atoms with Crippen molar-refractivity contribution in [1.29, 1.82) is 0 Å². The lowest BCUT2D eigenvalue weighted by Crippen LogP contribution is -2.17. The van der Waals surface area contributed by atoms with Gasteiger partial charge in [-0.1, -0.05) is 0 Å². The van der Waals surface area contributed by atoms with Crippen molar-refractivity contribution < 1.29 is 4.42 Å². The van der Waals surface area contributed by atoms with Gasteiger partial charge in [0.25, 0.3) is 0 Å². The maximum atomic E-state index is 5.62. The van der Waals surface area contributed by atoms with Crippen LogP contribution in [0.1, 0.15) is 37.1 Å². The van der Waals surface area contributed by atoms with Crippen LogP contribution in [-0.2, 0) is 6.42 Å². The summed E-state index contributed by atoms with van der Waals surface area (Å²) in [5, 5.41) is 8.14. The molecule has 2 heterocycles. The van der Waals surface area contributed by atoms with Gasteiger partial charge in [0.2, 0.25) is 11.8 Å². The normalized spacial score (nSPS) is 22.4. The molecular weight excluding hydrogens is 192 g/mol. The Hall–Kier alpha value is -0.940. The van der Waals surface area contributed by atoms with Crippen molar-refractivity contribution >= 4 is 0 Å². The molecule has 0 bridgehead atoms. The summed E-state index contributed by atoms with van der Waals surface area (Å²) in [6.07, 6.45) is 4.03. The highest BCUT2D eigenvalue weighted by Gasteiger charge is 2.27. The van der Waals surface area contributed by atoms with Crippen molar-refractivity contribution in [2.24, 2.45) is 5.73 Å². The van der Waals surface area contributed by atoms with E-state index in [9.17, 15) is 0 Å². The number of rotatable bonds is 4. The third-order valence-electron chi connectivity index (χ3n) is 2.88. The second kappa shape index (κ2) is 4.72. The van der Waals surface area contributed by atoms with Gasteiger partial charge >= 0.3 is 0 Å². The predicted molar refractivity (Wildman–Crippen MR) is 56.3 cm³/mol. The van der Waals surface area contributed by atoms with Crippen molar-refractivity contribution in [1.82, 2.24) is 15.1 Å². The van der Waals surface area contributed by atoms with Crippen LogP contribution in [0.2, 0.25) is 0 Å². The lowest BCUT2D eigenvalue weighted by atomic mass is 10.2. The minimum Gasteiger partial charge on any atom is -0.424 e. The molecule has 0 saturated carbocycles. The molecule has 0 amide bonds. The van der Waals surface area contributed by atoms with Crippen LogP contribution in [0.5, 0.6) is 0 Å². The maximum Gasteiger partial charge on any atom is 0.233 e. The zero-order valence-corrected chi connectivity index (χ0v) is 9.15. The van der Waals surface area contributed by atoms with E-state index < -0.39 is 0 Å². The van der Waals surface area contributed by atoms with Gasteiger partial charge in [0, 0.05) is 6.42 Å². The number of hydrogen-bond donors (Lipinski definition) is 1. The quantitative estimate of drug-likeness (QED) is 0.793. The van der Waals surface area contributed by atoms with Crippen molar-refractivity contribution in [3.63, 3.8) is 0 Å². The molecule has 1 aliphatic rings. The second-order valence-corrected chi connectivity index (χ2v) is 4.06. The fourth-order valence-corrected chi connectivity index (χ4v) is 1.98. The molecule has 5 nitrogen and oxygen atoms in total. The summed E-state index contributed by atoms with van der Waals surface area (Å²) in [6.45, 7) is 1.78. The molecule has 1 saturated heterocycles. The van der Waals surface area contributed by atoms with Crippen molar-refractivity contribution in [2.45, 2.75) is 31.7 Å². The molecule has 1 fully saturated rings. The molecule has 0 aromatic carbocycles. The third-order valence-corrected chi connectivity index (χ3v) is 2.88. The molecule has 1 atom stereocenters. The zero-order chi connectivity index (χ0) is 10.7. The van der Waals surface area contributed by atoms with Gasteiger partial charge < -0.3 is 10.2 Å². The summed E-state index contributed by atoms with van der Waals surface area (Å²) in [5.41, 5.74) is 5.43. The van der Waals surface area contributed by atoms with Gasteiger partial charge in [0.15, 0.2) is 0 Å². The molecule has 2 N–H and O–H groups in total. The summed E-state index contributed by atoms with van der Waals surface area (Å²) in [5.74, 6) is 1.48. The van der Waals surface area contributed by atoms with Crippen LogP contribution < -0.4 is 5.73 Å². The Balaban J connectivity index is 1.99. The van der Waals surface area contributed by atoms with E-state index in [1.54, 1.807) is 0 Å². The second-order valence-electron chi connectivity index (χ2n) is 4.06. The molecular formula is C10H18N4O. The Morgan fingerprint density at radius 1 is 1.53 bits per heavy atom. The van der Waals surface area contributed by atoms with Gasteiger partial charge in [-0.25, -0.2) is 0 Å². The van der Waals surface area contributed by atoms with Crippen LogP contribution in [0, 0.1) is 0 Å². The Kier molecular flexibility index (Phi) is 3.33. The molecule has 1 unspecified atom stereocenters. The Bertz CT molecular complexity index is 312. The van der Waals surface area contributed by atoms with Crippen LogP contribution in [0.15, 0.2) is 4.42 Å². The van der Waals surface area contributed by atoms with Crippen molar-refractivity contribution in [3.05, 3.63) is 11.8 Å². The summed E-state index contributed by atoms with van der Waals surface area (Å²) < 4.78 is 5.62. The monoisotopic (exact) mass is 210 g/mol. The van der Waals surface area contributed by atoms with Gasteiger partial charge in [0.05, 0.1) is 6.04 Å². The minimum atomic E-state index is 0.323. The van der Waals surface area contributed by atoms with Crippen LogP contribution in [-0.4, -0.2) is 35.2 Å². The summed E-state index contributed by atoms with van der Waals surface area (Å²) in [7, 11) is 2.10. The minimum absolute atomic E-state index is 0.323. The highest BCUT2D eigenvalue weighted by Crippen LogP contribution is 2.29. The molecule has 84 valence electrons. The van der Waals surface area contributed by atoms with E-state index in [4.69, 9.17) is 10.2 Å². The molecule has 0 radical (unpaired) electrons. The highest BCUT2D eigenvalue weighted by atomic mass is 16.4. The molecule has 1 aromatic rings. The highest BCUT2D eigenvalue weighted by molar-refractivity contribution is 4.93. The molecule has 1 aromatic heterocycles. The van der Waals surface area contributed by atoms with E-state index >= 15 is 0 Å². The Morgan fingerprint density at radius 3 is 3.07 bits per heavy atom. The fourth-order valence-electron chi connectivity index (χ4n) is 1.98. The zero-order valence-electron chi connectivity index (χ0n) is 9.15. The van der Waals surface area contributed by atoms with Gasteiger partial charge in [0.1, 0.15) is 0 Å². The van der Waals surface area contributed by atoms with E-state index in [1.807, 2.05) is 0 Å². The topological polar surface area (TPSA) is 68.2 Å². The summed E-state index contributed by atoms with van der Waals surface area (Å²) in [4.78, 5) is 2.26. The lowest BCUT2D eigenvalue weighted by Gasteiger charge is -2.14. The van der Waals surface area contributed by atoms with E-state index in [0.29, 0.717) is 12.6 Å². The first-order valence-corrected chi connectivity index (χ1v) is 5.54. The molecule has 5 heteroatoms. The summed E-state index contributed by atoms with van der Waals surface area (Å²) in [6, 6.07) is 0.323. The number of aromatic nitrogens is 2.